The third-order valence-corrected chi connectivity index (χ3v) is 3.35. The summed E-state index contributed by atoms with van der Waals surface area (Å²) in [6, 6.07) is 13.4. The molecule has 0 aliphatic heterocycles. The van der Waals surface area contributed by atoms with Crippen LogP contribution in [0.2, 0.25) is 0 Å². The summed E-state index contributed by atoms with van der Waals surface area (Å²) in [4.78, 5) is 23.7. The van der Waals surface area contributed by atoms with Gasteiger partial charge in [-0.05, 0) is 36.4 Å². The Balaban J connectivity index is 1.93. The number of halogens is 1. The molecule has 0 spiro atoms. The molecule has 2 aromatic rings. The molecule has 0 N–H and O–H groups in total. The second-order valence-electron chi connectivity index (χ2n) is 4.23. The fraction of sp³-hybridized carbons (Fsp3) is 0.125. The number of benzene rings is 2. The molecule has 0 amide bonds. The van der Waals surface area contributed by atoms with Crippen molar-refractivity contribution in [1.82, 2.24) is 0 Å². The van der Waals surface area contributed by atoms with Crippen LogP contribution in [-0.2, 0) is 4.74 Å². The lowest BCUT2D eigenvalue weighted by Gasteiger charge is -2.05. The lowest BCUT2D eigenvalue weighted by atomic mass is 10.1. The molecule has 0 aliphatic rings. The highest BCUT2D eigenvalue weighted by atomic mass is 79.9. The summed E-state index contributed by atoms with van der Waals surface area (Å²) in [5.74, 6) is -0.134. The van der Waals surface area contributed by atoms with E-state index in [1.165, 1.54) is 0 Å². The highest BCUT2D eigenvalue weighted by Crippen LogP contribution is 2.13. The normalized spacial score (nSPS) is 10.0. The zero-order valence-corrected chi connectivity index (χ0v) is 12.9. The van der Waals surface area contributed by atoms with Crippen molar-refractivity contribution >= 4 is 27.7 Å². The summed E-state index contributed by atoms with van der Waals surface area (Å²) in [6.07, 6.45) is 0. The van der Waals surface area contributed by atoms with E-state index in [9.17, 15) is 9.59 Å². The van der Waals surface area contributed by atoms with E-state index >= 15 is 0 Å². The first kappa shape index (κ1) is 15.3. The molecule has 0 fully saturated rings. The third kappa shape index (κ3) is 4.16. The number of hydrogen-bond acceptors (Lipinski definition) is 4. The number of hydrogen-bond donors (Lipinski definition) is 0. The number of carbonyl (C=O) groups excluding carboxylic acids is 2. The molecule has 21 heavy (non-hydrogen) atoms. The van der Waals surface area contributed by atoms with Crippen molar-refractivity contribution in [1.29, 1.82) is 0 Å². The van der Waals surface area contributed by atoms with Gasteiger partial charge < -0.3 is 9.47 Å². The van der Waals surface area contributed by atoms with Crippen LogP contribution in [0.25, 0.3) is 0 Å². The van der Waals surface area contributed by atoms with Crippen LogP contribution in [-0.4, -0.2) is 25.5 Å². The number of Topliss-reactive ketones (excluding diaryl/α,β-unsaturated/α-hetero) is 1. The van der Waals surface area contributed by atoms with Crippen LogP contribution in [0.1, 0.15) is 20.7 Å². The van der Waals surface area contributed by atoms with E-state index in [2.05, 4.69) is 15.9 Å². The molecule has 0 radical (unpaired) electrons. The predicted molar refractivity (Wildman–Crippen MR) is 81.7 cm³/mol. The number of ketones is 1. The van der Waals surface area contributed by atoms with Gasteiger partial charge in [0, 0.05) is 10.0 Å². The van der Waals surface area contributed by atoms with E-state index in [-0.39, 0.29) is 12.4 Å². The molecule has 0 saturated heterocycles. The standard InChI is InChI=1S/C16H13BrO4/c1-20-14-8-4-12(5-9-14)16(19)21-10-15(18)11-2-6-13(17)7-3-11/h2-9H,10H2,1H3. The number of esters is 1. The highest BCUT2D eigenvalue weighted by Gasteiger charge is 2.11. The smallest absolute Gasteiger partial charge is 0.338 e. The van der Waals surface area contributed by atoms with Gasteiger partial charge in [0.15, 0.2) is 12.4 Å². The van der Waals surface area contributed by atoms with Gasteiger partial charge in [-0.25, -0.2) is 4.79 Å². The van der Waals surface area contributed by atoms with E-state index in [0.29, 0.717) is 16.9 Å². The van der Waals surface area contributed by atoms with Crippen LogP contribution in [0.4, 0.5) is 0 Å². The van der Waals surface area contributed by atoms with Crippen LogP contribution in [0.15, 0.2) is 53.0 Å². The summed E-state index contributed by atoms with van der Waals surface area (Å²) in [5, 5.41) is 0. The molecule has 0 bridgehead atoms. The number of ether oxygens (including phenoxy) is 2. The SMILES string of the molecule is COc1ccc(C(=O)OCC(=O)c2ccc(Br)cc2)cc1. The van der Waals surface area contributed by atoms with Crippen LogP contribution in [0.5, 0.6) is 5.75 Å². The van der Waals surface area contributed by atoms with Gasteiger partial charge in [0.05, 0.1) is 12.7 Å². The van der Waals surface area contributed by atoms with E-state index in [1.807, 2.05) is 0 Å². The van der Waals surface area contributed by atoms with Crippen molar-refractivity contribution in [2.75, 3.05) is 13.7 Å². The summed E-state index contributed by atoms with van der Waals surface area (Å²) in [6.45, 7) is -0.285. The topological polar surface area (TPSA) is 52.6 Å². The van der Waals surface area contributed by atoms with Crippen molar-refractivity contribution in [2.24, 2.45) is 0 Å². The van der Waals surface area contributed by atoms with Crippen molar-refractivity contribution < 1.29 is 19.1 Å². The average Bonchev–Trinajstić information content (AvgIpc) is 2.53. The largest absolute Gasteiger partial charge is 0.497 e. The summed E-state index contributed by atoms with van der Waals surface area (Å²) in [7, 11) is 1.55. The van der Waals surface area contributed by atoms with Gasteiger partial charge in [0.2, 0.25) is 0 Å². The second kappa shape index (κ2) is 7.04. The minimum atomic E-state index is -0.539. The van der Waals surface area contributed by atoms with Gasteiger partial charge in [0.25, 0.3) is 0 Å². The quantitative estimate of drug-likeness (QED) is 0.613. The van der Waals surface area contributed by atoms with Gasteiger partial charge in [-0.15, -0.1) is 0 Å². The summed E-state index contributed by atoms with van der Waals surface area (Å²) in [5.41, 5.74) is 0.875. The molecule has 108 valence electrons. The monoisotopic (exact) mass is 348 g/mol. The minimum absolute atomic E-state index is 0.246. The molecule has 5 heteroatoms. The second-order valence-corrected chi connectivity index (χ2v) is 5.15. The first-order chi connectivity index (χ1) is 10.1. The molecule has 0 aliphatic carbocycles. The molecule has 0 saturated carbocycles. The third-order valence-electron chi connectivity index (χ3n) is 2.83. The Morgan fingerprint density at radius 2 is 1.52 bits per heavy atom. The van der Waals surface area contributed by atoms with Gasteiger partial charge in [-0.2, -0.15) is 0 Å². The maximum Gasteiger partial charge on any atom is 0.338 e. The van der Waals surface area contributed by atoms with Crippen LogP contribution in [0, 0.1) is 0 Å². The fourth-order valence-corrected chi connectivity index (χ4v) is 1.92. The zero-order valence-electron chi connectivity index (χ0n) is 11.3. The molecule has 0 atom stereocenters. The van der Waals surface area contributed by atoms with Gasteiger partial charge >= 0.3 is 5.97 Å². The lowest BCUT2D eigenvalue weighted by Crippen LogP contribution is -2.14. The molecular weight excluding hydrogens is 336 g/mol. The molecule has 0 heterocycles. The van der Waals surface area contributed by atoms with Crippen LogP contribution >= 0.6 is 15.9 Å². The Hall–Kier alpha value is -2.14. The van der Waals surface area contributed by atoms with Crippen molar-refractivity contribution in [3.05, 3.63) is 64.1 Å². The maximum atomic E-state index is 11.9. The highest BCUT2D eigenvalue weighted by molar-refractivity contribution is 9.10. The zero-order chi connectivity index (χ0) is 15.2. The van der Waals surface area contributed by atoms with Crippen molar-refractivity contribution in [2.45, 2.75) is 0 Å². The number of methoxy groups -OCH3 is 1. The Bertz CT molecular complexity index is 632. The van der Waals surface area contributed by atoms with Gasteiger partial charge in [0.1, 0.15) is 5.75 Å². The Morgan fingerprint density at radius 3 is 2.10 bits per heavy atom. The van der Waals surface area contributed by atoms with Crippen molar-refractivity contribution in [3.63, 3.8) is 0 Å². The maximum absolute atomic E-state index is 11.9. The van der Waals surface area contributed by atoms with Crippen LogP contribution in [0.3, 0.4) is 0 Å². The van der Waals surface area contributed by atoms with Gasteiger partial charge in [-0.1, -0.05) is 28.1 Å². The van der Waals surface area contributed by atoms with E-state index in [1.54, 1.807) is 55.6 Å². The molecule has 0 aromatic heterocycles. The van der Waals surface area contributed by atoms with E-state index < -0.39 is 5.97 Å². The van der Waals surface area contributed by atoms with E-state index in [4.69, 9.17) is 9.47 Å². The van der Waals surface area contributed by atoms with Gasteiger partial charge in [-0.3, -0.25) is 4.79 Å². The Kier molecular flexibility index (Phi) is 5.11. The molecule has 0 unspecified atom stereocenters. The summed E-state index contributed by atoms with van der Waals surface area (Å²) >= 11 is 3.29. The lowest BCUT2D eigenvalue weighted by molar-refractivity contribution is 0.0474. The Morgan fingerprint density at radius 1 is 0.952 bits per heavy atom. The first-order valence-electron chi connectivity index (χ1n) is 6.20. The van der Waals surface area contributed by atoms with Crippen molar-refractivity contribution in [3.8, 4) is 5.75 Å². The van der Waals surface area contributed by atoms with Crippen LogP contribution < -0.4 is 4.74 Å². The molecule has 2 aromatic carbocycles. The number of rotatable bonds is 5. The summed E-state index contributed by atoms with van der Waals surface area (Å²) < 4.78 is 10.9. The molecular formula is C16H13BrO4. The number of carbonyl (C=O) groups is 2. The Labute approximate surface area is 130 Å². The average molecular weight is 349 g/mol. The molecule has 2 rings (SSSR count). The minimum Gasteiger partial charge on any atom is -0.497 e. The first-order valence-corrected chi connectivity index (χ1v) is 6.99. The van der Waals surface area contributed by atoms with E-state index in [0.717, 1.165) is 4.47 Å². The molecule has 4 nitrogen and oxygen atoms in total. The predicted octanol–water partition coefficient (Wildman–Crippen LogP) is 3.50. The fourth-order valence-electron chi connectivity index (χ4n) is 1.66.